The number of hydrogen-bond donors (Lipinski definition) is 0. The first kappa shape index (κ1) is 8.47. The highest BCUT2D eigenvalue weighted by Crippen LogP contribution is 1.99. The van der Waals surface area contributed by atoms with Crippen LogP contribution in [0.1, 0.15) is 19.2 Å². The third kappa shape index (κ3) is 1.92. The van der Waals surface area contributed by atoms with Gasteiger partial charge in [0.2, 0.25) is 0 Å². The monoisotopic (exact) mass is 162 g/mol. The molecule has 1 heterocycles. The SMILES string of the molecule is C=C(CC)Cn1cnc(C#N)n1. The first-order valence-corrected chi connectivity index (χ1v) is 3.72. The zero-order chi connectivity index (χ0) is 8.97. The maximum absolute atomic E-state index is 8.43. The molecule has 0 unspecified atom stereocenters. The van der Waals surface area contributed by atoms with E-state index in [1.807, 2.05) is 13.0 Å². The van der Waals surface area contributed by atoms with Gasteiger partial charge in [-0.15, -0.1) is 5.10 Å². The van der Waals surface area contributed by atoms with Gasteiger partial charge in [0.1, 0.15) is 12.4 Å². The minimum absolute atomic E-state index is 0.207. The highest BCUT2D eigenvalue weighted by Gasteiger charge is 1.98. The average molecular weight is 162 g/mol. The Morgan fingerprint density at radius 1 is 1.83 bits per heavy atom. The van der Waals surface area contributed by atoms with Gasteiger partial charge in [-0.3, -0.25) is 0 Å². The molecule has 0 saturated carbocycles. The molecule has 1 aromatic heterocycles. The summed E-state index contributed by atoms with van der Waals surface area (Å²) in [7, 11) is 0. The summed E-state index contributed by atoms with van der Waals surface area (Å²) in [5, 5.41) is 12.3. The summed E-state index contributed by atoms with van der Waals surface area (Å²) < 4.78 is 1.62. The molecule has 0 aliphatic carbocycles. The lowest BCUT2D eigenvalue weighted by molar-refractivity contribution is 0.660. The molecule has 0 radical (unpaired) electrons. The molecular weight excluding hydrogens is 152 g/mol. The zero-order valence-corrected chi connectivity index (χ0v) is 6.99. The van der Waals surface area contributed by atoms with Gasteiger partial charge in [-0.05, 0) is 6.42 Å². The minimum Gasteiger partial charge on any atom is -0.248 e. The maximum Gasteiger partial charge on any atom is 0.252 e. The van der Waals surface area contributed by atoms with Gasteiger partial charge in [0.25, 0.3) is 5.82 Å². The summed E-state index contributed by atoms with van der Waals surface area (Å²) in [6.45, 7) is 6.51. The number of rotatable bonds is 3. The van der Waals surface area contributed by atoms with Crippen molar-refractivity contribution in [2.24, 2.45) is 0 Å². The third-order valence-corrected chi connectivity index (χ3v) is 1.52. The van der Waals surface area contributed by atoms with E-state index in [4.69, 9.17) is 5.26 Å². The van der Waals surface area contributed by atoms with Crippen molar-refractivity contribution in [2.75, 3.05) is 0 Å². The Bertz CT molecular complexity index is 318. The molecule has 1 aromatic rings. The molecule has 0 bridgehead atoms. The van der Waals surface area contributed by atoms with E-state index in [9.17, 15) is 0 Å². The van der Waals surface area contributed by atoms with E-state index in [0.717, 1.165) is 12.0 Å². The van der Waals surface area contributed by atoms with Gasteiger partial charge < -0.3 is 0 Å². The molecule has 0 spiro atoms. The Balaban J connectivity index is 2.65. The van der Waals surface area contributed by atoms with E-state index in [-0.39, 0.29) is 5.82 Å². The van der Waals surface area contributed by atoms with E-state index in [1.54, 1.807) is 11.0 Å². The minimum atomic E-state index is 0.207. The molecule has 0 fully saturated rings. The van der Waals surface area contributed by atoms with E-state index >= 15 is 0 Å². The van der Waals surface area contributed by atoms with Gasteiger partial charge in [-0.1, -0.05) is 19.1 Å². The lowest BCUT2D eigenvalue weighted by Gasteiger charge is -1.99. The predicted octanol–water partition coefficient (Wildman–Crippen LogP) is 1.12. The molecule has 0 aliphatic rings. The number of nitriles is 1. The van der Waals surface area contributed by atoms with Crippen molar-refractivity contribution in [1.29, 1.82) is 5.26 Å². The molecule has 62 valence electrons. The second kappa shape index (κ2) is 3.67. The number of aromatic nitrogens is 3. The molecule has 4 heteroatoms. The summed E-state index contributed by atoms with van der Waals surface area (Å²) in [5.41, 5.74) is 1.07. The predicted molar refractivity (Wildman–Crippen MR) is 44.2 cm³/mol. The van der Waals surface area contributed by atoms with Crippen LogP contribution in [0.2, 0.25) is 0 Å². The van der Waals surface area contributed by atoms with E-state index in [2.05, 4.69) is 16.7 Å². The molecule has 0 amide bonds. The van der Waals surface area contributed by atoms with Gasteiger partial charge in [0.05, 0.1) is 6.54 Å². The Morgan fingerprint density at radius 2 is 2.58 bits per heavy atom. The van der Waals surface area contributed by atoms with Crippen molar-refractivity contribution in [3.63, 3.8) is 0 Å². The molecule has 0 saturated heterocycles. The molecular formula is C8H10N4. The van der Waals surface area contributed by atoms with Crippen molar-refractivity contribution in [2.45, 2.75) is 19.9 Å². The van der Waals surface area contributed by atoms with Crippen LogP contribution in [0.5, 0.6) is 0 Å². The van der Waals surface area contributed by atoms with Gasteiger partial charge in [-0.2, -0.15) is 5.26 Å². The number of allylic oxidation sites excluding steroid dienone is 1. The fraction of sp³-hybridized carbons (Fsp3) is 0.375. The summed E-state index contributed by atoms with van der Waals surface area (Å²) in [6, 6.07) is 1.87. The van der Waals surface area contributed by atoms with E-state index in [0.29, 0.717) is 6.54 Å². The fourth-order valence-corrected chi connectivity index (χ4v) is 0.763. The second-order valence-corrected chi connectivity index (χ2v) is 2.48. The van der Waals surface area contributed by atoms with Crippen LogP contribution >= 0.6 is 0 Å². The van der Waals surface area contributed by atoms with Crippen LogP contribution < -0.4 is 0 Å². The van der Waals surface area contributed by atoms with E-state index < -0.39 is 0 Å². The average Bonchev–Trinajstić information content (AvgIpc) is 2.52. The van der Waals surface area contributed by atoms with Crippen LogP contribution in [0.25, 0.3) is 0 Å². The van der Waals surface area contributed by atoms with Crippen molar-refractivity contribution in [3.05, 3.63) is 24.3 Å². The van der Waals surface area contributed by atoms with Crippen molar-refractivity contribution < 1.29 is 0 Å². The largest absolute Gasteiger partial charge is 0.252 e. The Morgan fingerprint density at radius 3 is 3.08 bits per heavy atom. The number of nitrogens with zero attached hydrogens (tertiary/aromatic N) is 4. The van der Waals surface area contributed by atoms with Crippen LogP contribution in [0, 0.1) is 11.3 Å². The highest BCUT2D eigenvalue weighted by molar-refractivity contribution is 5.06. The molecule has 0 atom stereocenters. The zero-order valence-electron chi connectivity index (χ0n) is 6.99. The van der Waals surface area contributed by atoms with Crippen molar-refractivity contribution in [3.8, 4) is 6.07 Å². The van der Waals surface area contributed by atoms with Crippen LogP contribution in [0.4, 0.5) is 0 Å². The van der Waals surface area contributed by atoms with Gasteiger partial charge in [0, 0.05) is 0 Å². The van der Waals surface area contributed by atoms with Gasteiger partial charge in [-0.25, -0.2) is 9.67 Å². The first-order chi connectivity index (χ1) is 5.76. The molecule has 0 aliphatic heterocycles. The lowest BCUT2D eigenvalue weighted by Crippen LogP contribution is -2.00. The van der Waals surface area contributed by atoms with Crippen LogP contribution in [-0.2, 0) is 6.54 Å². The van der Waals surface area contributed by atoms with Crippen LogP contribution in [0.3, 0.4) is 0 Å². The lowest BCUT2D eigenvalue weighted by atomic mass is 10.2. The van der Waals surface area contributed by atoms with Crippen molar-refractivity contribution in [1.82, 2.24) is 14.8 Å². The molecule has 4 nitrogen and oxygen atoms in total. The molecule has 0 aromatic carbocycles. The Labute approximate surface area is 71.2 Å². The Hall–Kier alpha value is -1.63. The topological polar surface area (TPSA) is 54.5 Å². The summed E-state index contributed by atoms with van der Waals surface area (Å²) in [4.78, 5) is 3.77. The molecule has 0 N–H and O–H groups in total. The quantitative estimate of drug-likeness (QED) is 0.626. The second-order valence-electron chi connectivity index (χ2n) is 2.48. The number of hydrogen-bond acceptors (Lipinski definition) is 3. The Kier molecular flexibility index (Phi) is 2.59. The maximum atomic E-state index is 8.43. The smallest absolute Gasteiger partial charge is 0.248 e. The van der Waals surface area contributed by atoms with Crippen LogP contribution in [-0.4, -0.2) is 14.8 Å². The van der Waals surface area contributed by atoms with Crippen LogP contribution in [0.15, 0.2) is 18.5 Å². The van der Waals surface area contributed by atoms with Gasteiger partial charge >= 0.3 is 0 Å². The molecule has 1 rings (SSSR count). The van der Waals surface area contributed by atoms with Crippen molar-refractivity contribution >= 4 is 0 Å². The summed E-state index contributed by atoms with van der Waals surface area (Å²) >= 11 is 0. The van der Waals surface area contributed by atoms with Gasteiger partial charge in [0.15, 0.2) is 0 Å². The summed E-state index contributed by atoms with van der Waals surface area (Å²) in [6.07, 6.45) is 2.46. The standard InChI is InChI=1S/C8H10N4/c1-3-7(2)5-12-6-10-8(4-9)11-12/h6H,2-3,5H2,1H3. The summed E-state index contributed by atoms with van der Waals surface area (Å²) in [5.74, 6) is 0.207. The first-order valence-electron chi connectivity index (χ1n) is 3.72. The molecule has 12 heavy (non-hydrogen) atoms. The fourth-order valence-electron chi connectivity index (χ4n) is 0.763. The normalized spacial score (nSPS) is 9.33. The third-order valence-electron chi connectivity index (χ3n) is 1.52. The highest BCUT2D eigenvalue weighted by atomic mass is 15.3. The van der Waals surface area contributed by atoms with E-state index in [1.165, 1.54) is 0 Å².